The van der Waals surface area contributed by atoms with Gasteiger partial charge in [-0.05, 0) is 41.7 Å². The van der Waals surface area contributed by atoms with Crippen molar-refractivity contribution in [1.29, 1.82) is 0 Å². The lowest BCUT2D eigenvalue weighted by Crippen LogP contribution is -2.54. The van der Waals surface area contributed by atoms with Crippen molar-refractivity contribution in [2.75, 3.05) is 26.2 Å². The maximum Gasteiger partial charge on any atom is 0.317 e. The van der Waals surface area contributed by atoms with Gasteiger partial charge in [-0.1, -0.05) is 78.9 Å². The first-order valence-electron chi connectivity index (χ1n) is 10.9. The summed E-state index contributed by atoms with van der Waals surface area (Å²) in [6.07, 6.45) is 0. The van der Waals surface area contributed by atoms with Gasteiger partial charge in [0.25, 0.3) is 0 Å². The molecule has 0 aromatic heterocycles. The molecule has 0 amide bonds. The summed E-state index contributed by atoms with van der Waals surface area (Å²) in [6.45, 7) is 6.82. The van der Waals surface area contributed by atoms with Crippen molar-refractivity contribution < 1.29 is 9.90 Å². The van der Waals surface area contributed by atoms with E-state index in [0.717, 1.165) is 19.6 Å². The molecule has 0 saturated carbocycles. The van der Waals surface area contributed by atoms with Crippen molar-refractivity contribution >= 4 is 5.97 Å². The molecule has 1 fully saturated rings. The molecular weight excluding hydrogens is 384 g/mol. The summed E-state index contributed by atoms with van der Waals surface area (Å²) in [5, 5.41) is 9.20. The maximum absolute atomic E-state index is 11.2. The highest BCUT2D eigenvalue weighted by atomic mass is 16.4. The fourth-order valence-electron chi connectivity index (χ4n) is 4.66. The van der Waals surface area contributed by atoms with E-state index >= 15 is 0 Å². The molecule has 4 rings (SSSR count). The summed E-state index contributed by atoms with van der Waals surface area (Å²) in [6, 6.07) is 28.4. The van der Waals surface area contributed by atoms with Gasteiger partial charge in [0, 0.05) is 25.7 Å². The quantitative estimate of drug-likeness (QED) is 0.627. The summed E-state index contributed by atoms with van der Waals surface area (Å²) in [7, 11) is 0. The number of carbonyl (C=O) groups is 1. The molecule has 0 aliphatic carbocycles. The zero-order valence-electron chi connectivity index (χ0n) is 18.2. The largest absolute Gasteiger partial charge is 0.480 e. The lowest BCUT2D eigenvalue weighted by molar-refractivity contribution is -0.139. The van der Waals surface area contributed by atoms with Crippen molar-refractivity contribution in [1.82, 2.24) is 9.80 Å². The Labute approximate surface area is 184 Å². The second kappa shape index (κ2) is 9.46. The summed E-state index contributed by atoms with van der Waals surface area (Å²) in [4.78, 5) is 15.7. The van der Waals surface area contributed by atoms with E-state index in [1.807, 2.05) is 0 Å². The number of aliphatic carboxylic acids is 1. The van der Waals surface area contributed by atoms with E-state index in [9.17, 15) is 9.90 Å². The van der Waals surface area contributed by atoms with E-state index in [-0.39, 0.29) is 18.6 Å². The first-order chi connectivity index (χ1) is 15.0. The molecule has 1 aliphatic rings. The van der Waals surface area contributed by atoms with Crippen LogP contribution in [0, 0.1) is 6.92 Å². The highest BCUT2D eigenvalue weighted by Gasteiger charge is 2.31. The number of hydrogen-bond acceptors (Lipinski definition) is 3. The van der Waals surface area contributed by atoms with Crippen LogP contribution in [-0.2, 0) is 4.79 Å². The third kappa shape index (κ3) is 4.87. The van der Waals surface area contributed by atoms with Gasteiger partial charge in [-0.3, -0.25) is 14.6 Å². The lowest BCUT2D eigenvalue weighted by Gasteiger charge is -2.43. The Morgan fingerprint density at radius 1 is 0.935 bits per heavy atom. The minimum absolute atomic E-state index is 0.107. The number of carboxylic acid groups (broad SMARTS) is 1. The van der Waals surface area contributed by atoms with Crippen LogP contribution in [0.4, 0.5) is 0 Å². The molecule has 3 aromatic rings. The van der Waals surface area contributed by atoms with Crippen molar-refractivity contribution in [2.24, 2.45) is 0 Å². The number of piperazine rings is 1. The Balaban J connectivity index is 1.62. The van der Waals surface area contributed by atoms with E-state index in [1.54, 1.807) is 0 Å². The average molecular weight is 415 g/mol. The fraction of sp³-hybridized carbons (Fsp3) is 0.296. The first-order valence-corrected chi connectivity index (χ1v) is 10.9. The molecule has 1 aliphatic heterocycles. The number of nitrogens with zero attached hydrogens (tertiary/aromatic N) is 2. The molecule has 3 aromatic carbocycles. The molecule has 31 heavy (non-hydrogen) atoms. The molecule has 4 heteroatoms. The van der Waals surface area contributed by atoms with Gasteiger partial charge in [0.05, 0.1) is 12.6 Å². The highest BCUT2D eigenvalue weighted by Crippen LogP contribution is 2.32. The zero-order valence-corrected chi connectivity index (χ0v) is 18.2. The van der Waals surface area contributed by atoms with Crippen molar-refractivity contribution in [2.45, 2.75) is 25.9 Å². The topological polar surface area (TPSA) is 43.8 Å². The maximum atomic E-state index is 11.2. The zero-order chi connectivity index (χ0) is 21.8. The van der Waals surface area contributed by atoms with Gasteiger partial charge in [-0.15, -0.1) is 0 Å². The average Bonchev–Trinajstić information content (AvgIpc) is 2.77. The molecule has 1 saturated heterocycles. The number of hydrogen-bond donors (Lipinski definition) is 1. The molecule has 0 radical (unpaired) electrons. The summed E-state index contributed by atoms with van der Waals surface area (Å²) in [5.74, 6) is -0.758. The monoisotopic (exact) mass is 414 g/mol. The van der Waals surface area contributed by atoms with Crippen LogP contribution in [-0.4, -0.2) is 53.1 Å². The van der Waals surface area contributed by atoms with E-state index < -0.39 is 5.97 Å². The van der Waals surface area contributed by atoms with Crippen LogP contribution in [0.5, 0.6) is 0 Å². The number of benzene rings is 3. The predicted octanol–water partition coefficient (Wildman–Crippen LogP) is 4.84. The van der Waals surface area contributed by atoms with Crippen LogP contribution in [0.2, 0.25) is 0 Å². The Hall–Kier alpha value is -2.95. The van der Waals surface area contributed by atoms with E-state index in [1.165, 1.54) is 27.8 Å². The Kier molecular flexibility index (Phi) is 6.50. The van der Waals surface area contributed by atoms with Crippen LogP contribution in [0.3, 0.4) is 0 Å². The number of carboxylic acids is 1. The minimum Gasteiger partial charge on any atom is -0.480 e. The van der Waals surface area contributed by atoms with Gasteiger partial charge in [-0.2, -0.15) is 0 Å². The van der Waals surface area contributed by atoms with Gasteiger partial charge in [0.15, 0.2) is 0 Å². The minimum atomic E-state index is -0.758. The van der Waals surface area contributed by atoms with Crippen molar-refractivity contribution in [3.63, 3.8) is 0 Å². The van der Waals surface area contributed by atoms with Crippen molar-refractivity contribution in [3.05, 3.63) is 95.6 Å². The molecule has 0 bridgehead atoms. The molecule has 1 N–H and O–H groups in total. The SMILES string of the molecule is Cc1ccccc1-c1ccc([C@@H](c2ccccc2)N2CCN(CC(=O)O)C(C)C2)cc1. The molecule has 0 spiro atoms. The van der Waals surface area contributed by atoms with Gasteiger partial charge in [-0.25, -0.2) is 0 Å². The van der Waals surface area contributed by atoms with Crippen LogP contribution >= 0.6 is 0 Å². The molecule has 1 unspecified atom stereocenters. The summed E-state index contributed by atoms with van der Waals surface area (Å²) in [5.41, 5.74) is 6.31. The summed E-state index contributed by atoms with van der Waals surface area (Å²) < 4.78 is 0. The van der Waals surface area contributed by atoms with E-state index in [0.29, 0.717) is 0 Å². The normalized spacial score (nSPS) is 18.6. The van der Waals surface area contributed by atoms with Gasteiger partial charge in [0.2, 0.25) is 0 Å². The van der Waals surface area contributed by atoms with Crippen molar-refractivity contribution in [3.8, 4) is 11.1 Å². The van der Waals surface area contributed by atoms with E-state index in [2.05, 4.69) is 103 Å². The third-order valence-electron chi connectivity index (χ3n) is 6.30. The molecular formula is C27H30N2O2. The molecule has 160 valence electrons. The van der Waals surface area contributed by atoms with Gasteiger partial charge in [0.1, 0.15) is 0 Å². The Morgan fingerprint density at radius 2 is 1.58 bits per heavy atom. The summed E-state index contributed by atoms with van der Waals surface area (Å²) >= 11 is 0. The first kappa shape index (κ1) is 21.3. The molecule has 4 nitrogen and oxygen atoms in total. The Morgan fingerprint density at radius 3 is 2.23 bits per heavy atom. The lowest BCUT2D eigenvalue weighted by atomic mass is 9.93. The molecule has 1 heterocycles. The van der Waals surface area contributed by atoms with Gasteiger partial charge < -0.3 is 5.11 Å². The smallest absolute Gasteiger partial charge is 0.317 e. The van der Waals surface area contributed by atoms with E-state index in [4.69, 9.17) is 0 Å². The standard InChI is InChI=1S/C27H30N2O2/c1-20-8-6-7-11-25(20)22-12-14-24(15-13-22)27(23-9-4-3-5-10-23)29-17-16-28(19-26(30)31)21(2)18-29/h3-15,21,27H,16-19H2,1-2H3,(H,30,31)/t21?,27-/m1/s1. The third-order valence-corrected chi connectivity index (χ3v) is 6.30. The fourth-order valence-corrected chi connectivity index (χ4v) is 4.66. The highest BCUT2D eigenvalue weighted by molar-refractivity contribution is 5.69. The van der Waals surface area contributed by atoms with Crippen LogP contribution in [0.15, 0.2) is 78.9 Å². The van der Waals surface area contributed by atoms with Crippen LogP contribution < -0.4 is 0 Å². The van der Waals surface area contributed by atoms with Gasteiger partial charge >= 0.3 is 5.97 Å². The second-order valence-corrected chi connectivity index (χ2v) is 8.46. The number of aryl methyl sites for hydroxylation is 1. The number of rotatable bonds is 6. The second-order valence-electron chi connectivity index (χ2n) is 8.46. The van der Waals surface area contributed by atoms with Crippen LogP contribution in [0.25, 0.3) is 11.1 Å². The predicted molar refractivity (Wildman–Crippen MR) is 125 cm³/mol. The Bertz CT molecular complexity index is 1020. The molecule has 2 atom stereocenters. The van der Waals surface area contributed by atoms with Crippen LogP contribution in [0.1, 0.15) is 29.7 Å².